The van der Waals surface area contributed by atoms with Crippen molar-refractivity contribution in [3.05, 3.63) is 24.3 Å². The summed E-state index contributed by atoms with van der Waals surface area (Å²) in [5.74, 6) is -0.820. The van der Waals surface area contributed by atoms with Gasteiger partial charge in [0.15, 0.2) is 0 Å². The van der Waals surface area contributed by atoms with E-state index < -0.39 is 16.0 Å². The number of benzene rings is 1. The molecule has 3 N–H and O–H groups in total. The third-order valence-corrected chi connectivity index (χ3v) is 4.50. The van der Waals surface area contributed by atoms with Crippen molar-refractivity contribution in [1.29, 1.82) is 0 Å². The van der Waals surface area contributed by atoms with E-state index in [4.69, 9.17) is 5.11 Å². The van der Waals surface area contributed by atoms with Crippen molar-refractivity contribution in [3.8, 4) is 0 Å². The van der Waals surface area contributed by atoms with Crippen molar-refractivity contribution in [2.24, 2.45) is 0 Å². The highest BCUT2D eigenvalue weighted by atomic mass is 32.2. The van der Waals surface area contributed by atoms with Crippen LogP contribution in [0.15, 0.2) is 29.2 Å². The summed E-state index contributed by atoms with van der Waals surface area (Å²) in [7, 11) is -3.41. The number of nitrogens with one attached hydrogen (secondary N) is 2. The predicted molar refractivity (Wildman–Crippen MR) is 75.1 cm³/mol. The molecule has 6 nitrogen and oxygen atoms in total. The van der Waals surface area contributed by atoms with E-state index >= 15 is 0 Å². The lowest BCUT2D eigenvalue weighted by Gasteiger charge is -2.08. The maximum Gasteiger partial charge on any atom is 0.303 e. The standard InChI is InChI=1S/C13H18N2O4S/c16-13(17)2-1-9-14-10-5-7-12(8-6-10)20(18,19)15-11-3-4-11/h5-8,11,14-15H,1-4,9H2,(H,16,17). The normalized spacial score (nSPS) is 15.0. The van der Waals surface area contributed by atoms with Crippen molar-refractivity contribution in [2.75, 3.05) is 11.9 Å². The van der Waals surface area contributed by atoms with Gasteiger partial charge in [-0.25, -0.2) is 13.1 Å². The number of aliphatic carboxylic acids is 1. The van der Waals surface area contributed by atoms with Crippen molar-refractivity contribution in [2.45, 2.75) is 36.6 Å². The lowest BCUT2D eigenvalue weighted by molar-refractivity contribution is -0.137. The van der Waals surface area contributed by atoms with E-state index in [2.05, 4.69) is 10.0 Å². The molecule has 0 aliphatic heterocycles. The van der Waals surface area contributed by atoms with E-state index in [0.29, 0.717) is 13.0 Å². The van der Waals surface area contributed by atoms with Crippen molar-refractivity contribution in [1.82, 2.24) is 4.72 Å². The molecule has 1 aromatic rings. The molecule has 1 aliphatic rings. The Labute approximate surface area is 118 Å². The van der Waals surface area contributed by atoms with Gasteiger partial charge >= 0.3 is 5.97 Å². The van der Waals surface area contributed by atoms with E-state index in [1.165, 1.54) is 0 Å². The number of carbonyl (C=O) groups is 1. The Morgan fingerprint density at radius 1 is 1.25 bits per heavy atom. The molecular weight excluding hydrogens is 280 g/mol. The van der Waals surface area contributed by atoms with Crippen LogP contribution in [0.25, 0.3) is 0 Å². The zero-order chi connectivity index (χ0) is 14.6. The van der Waals surface area contributed by atoms with Gasteiger partial charge < -0.3 is 10.4 Å². The largest absolute Gasteiger partial charge is 0.481 e. The fourth-order valence-corrected chi connectivity index (χ4v) is 3.02. The molecule has 2 rings (SSSR count). The molecule has 1 aromatic carbocycles. The second-order valence-electron chi connectivity index (χ2n) is 4.84. The van der Waals surface area contributed by atoms with Crippen LogP contribution < -0.4 is 10.0 Å². The van der Waals surface area contributed by atoms with Crippen LogP contribution in [-0.4, -0.2) is 32.1 Å². The number of hydrogen-bond donors (Lipinski definition) is 3. The Balaban J connectivity index is 1.87. The van der Waals surface area contributed by atoms with Gasteiger partial charge in [0.25, 0.3) is 0 Å². The first-order valence-corrected chi connectivity index (χ1v) is 8.04. The Hall–Kier alpha value is -1.60. The van der Waals surface area contributed by atoms with Gasteiger partial charge in [-0.15, -0.1) is 0 Å². The molecule has 1 fully saturated rings. The SMILES string of the molecule is O=C(O)CCCNc1ccc(S(=O)(=O)NC2CC2)cc1. The van der Waals surface area contributed by atoms with Crippen LogP contribution in [-0.2, 0) is 14.8 Å². The highest BCUT2D eigenvalue weighted by Gasteiger charge is 2.27. The third-order valence-electron chi connectivity index (χ3n) is 2.96. The van der Waals surface area contributed by atoms with Gasteiger partial charge in [-0.05, 0) is 43.5 Å². The van der Waals surface area contributed by atoms with E-state index in [-0.39, 0.29) is 17.4 Å². The fraction of sp³-hybridized carbons (Fsp3) is 0.462. The minimum atomic E-state index is -3.41. The number of rotatable bonds is 8. The molecule has 0 heterocycles. The molecule has 110 valence electrons. The maximum absolute atomic E-state index is 11.9. The minimum absolute atomic E-state index is 0.0915. The van der Waals surface area contributed by atoms with E-state index in [9.17, 15) is 13.2 Å². The second kappa shape index (κ2) is 6.23. The van der Waals surface area contributed by atoms with Crippen LogP contribution in [0, 0.1) is 0 Å². The van der Waals surface area contributed by atoms with Crippen LogP contribution >= 0.6 is 0 Å². The summed E-state index contributed by atoms with van der Waals surface area (Å²) in [6.45, 7) is 0.540. The van der Waals surface area contributed by atoms with Crippen LogP contribution in [0.3, 0.4) is 0 Å². The molecular formula is C13H18N2O4S. The number of carboxylic acids is 1. The van der Waals surface area contributed by atoms with Crippen LogP contribution in [0.1, 0.15) is 25.7 Å². The molecule has 0 radical (unpaired) electrons. The highest BCUT2D eigenvalue weighted by Crippen LogP contribution is 2.22. The molecule has 1 saturated carbocycles. The fourth-order valence-electron chi connectivity index (χ4n) is 1.71. The lowest BCUT2D eigenvalue weighted by atomic mass is 10.3. The van der Waals surface area contributed by atoms with Gasteiger partial charge in [-0.2, -0.15) is 0 Å². The molecule has 0 aromatic heterocycles. The van der Waals surface area contributed by atoms with Gasteiger partial charge in [-0.1, -0.05) is 0 Å². The Bertz CT molecular complexity index is 565. The summed E-state index contributed by atoms with van der Waals surface area (Å²) >= 11 is 0. The van der Waals surface area contributed by atoms with Gasteiger partial charge in [0.1, 0.15) is 0 Å². The van der Waals surface area contributed by atoms with Crippen molar-refractivity contribution >= 4 is 21.7 Å². The van der Waals surface area contributed by atoms with Crippen LogP contribution in [0.2, 0.25) is 0 Å². The van der Waals surface area contributed by atoms with E-state index in [1.54, 1.807) is 24.3 Å². The molecule has 7 heteroatoms. The average Bonchev–Trinajstić information content (AvgIpc) is 3.18. The quantitative estimate of drug-likeness (QED) is 0.631. The molecule has 0 amide bonds. The number of hydrogen-bond acceptors (Lipinski definition) is 4. The molecule has 0 bridgehead atoms. The van der Waals surface area contributed by atoms with Gasteiger partial charge in [0, 0.05) is 24.7 Å². The Morgan fingerprint density at radius 2 is 1.90 bits per heavy atom. The zero-order valence-electron chi connectivity index (χ0n) is 11.0. The van der Waals surface area contributed by atoms with Gasteiger partial charge in [-0.3, -0.25) is 4.79 Å². The minimum Gasteiger partial charge on any atom is -0.481 e. The first kappa shape index (κ1) is 14.8. The maximum atomic E-state index is 11.9. The van der Waals surface area contributed by atoms with E-state index in [1.807, 2.05) is 0 Å². The molecule has 0 atom stereocenters. The van der Waals surface area contributed by atoms with Crippen molar-refractivity contribution < 1.29 is 18.3 Å². The predicted octanol–water partition coefficient (Wildman–Crippen LogP) is 1.40. The zero-order valence-corrected chi connectivity index (χ0v) is 11.8. The second-order valence-corrected chi connectivity index (χ2v) is 6.56. The summed E-state index contributed by atoms with van der Waals surface area (Å²) in [6.07, 6.45) is 2.45. The molecule has 20 heavy (non-hydrogen) atoms. The summed E-state index contributed by atoms with van der Waals surface area (Å²) in [5.41, 5.74) is 0.778. The molecule has 1 aliphatic carbocycles. The highest BCUT2D eigenvalue weighted by molar-refractivity contribution is 7.89. The van der Waals surface area contributed by atoms with Crippen molar-refractivity contribution in [3.63, 3.8) is 0 Å². The summed E-state index contributed by atoms with van der Waals surface area (Å²) in [6, 6.07) is 6.55. The first-order valence-electron chi connectivity index (χ1n) is 6.55. The lowest BCUT2D eigenvalue weighted by Crippen LogP contribution is -2.25. The van der Waals surface area contributed by atoms with Gasteiger partial charge in [0.2, 0.25) is 10.0 Å². The first-order chi connectivity index (χ1) is 9.47. The third kappa shape index (κ3) is 4.50. The monoisotopic (exact) mass is 298 g/mol. The smallest absolute Gasteiger partial charge is 0.303 e. The van der Waals surface area contributed by atoms with Gasteiger partial charge in [0.05, 0.1) is 4.90 Å². The summed E-state index contributed by atoms with van der Waals surface area (Å²) < 4.78 is 26.5. The number of carboxylic acid groups (broad SMARTS) is 1. The average molecular weight is 298 g/mol. The summed E-state index contributed by atoms with van der Waals surface area (Å²) in [5, 5.41) is 11.6. The molecule has 0 spiro atoms. The molecule has 0 saturated heterocycles. The Morgan fingerprint density at radius 3 is 2.45 bits per heavy atom. The number of anilines is 1. The number of sulfonamides is 1. The van der Waals surface area contributed by atoms with E-state index in [0.717, 1.165) is 18.5 Å². The Kier molecular flexibility index (Phi) is 4.61. The summed E-state index contributed by atoms with van der Waals surface area (Å²) in [4.78, 5) is 10.6. The topological polar surface area (TPSA) is 95.5 Å². The van der Waals surface area contributed by atoms with Crippen LogP contribution in [0.4, 0.5) is 5.69 Å². The molecule has 0 unspecified atom stereocenters. The van der Waals surface area contributed by atoms with Crippen LogP contribution in [0.5, 0.6) is 0 Å².